The van der Waals surface area contributed by atoms with Crippen molar-refractivity contribution in [2.24, 2.45) is 5.92 Å². The van der Waals surface area contributed by atoms with E-state index in [4.69, 9.17) is 19.9 Å². The molecular weight excluding hydrogens is 800 g/mol. The minimum absolute atomic E-state index is 0.0505. The normalized spacial score (nSPS) is 19.3. The minimum atomic E-state index is -2.62. The maximum absolute atomic E-state index is 7.59. The van der Waals surface area contributed by atoms with Gasteiger partial charge in [-0.2, -0.15) is 0 Å². The third-order valence-electron chi connectivity index (χ3n) is 13.8. The first-order valence-corrected chi connectivity index (χ1v) is 31.7. The first-order valence-electron chi connectivity index (χ1n) is 22.5. The molecule has 7 heteroatoms. The molecule has 1 fully saturated rings. The maximum atomic E-state index is 7.59. The Morgan fingerprint density at radius 1 is 0.600 bits per heavy atom. The van der Waals surface area contributed by atoms with Crippen molar-refractivity contribution in [3.8, 4) is 0 Å². The van der Waals surface area contributed by atoms with Gasteiger partial charge in [-0.1, -0.05) is 203 Å². The standard InChI is InChI=1S/C53H77O3PSi3/c1-42-43(38-40-57(44-29-19-15-20-30-44)45-31-21-16-22-32-45)41-49(55-58(11,12)51(2,3)4)48(50(42)56-59(13,14)52(5,6)7)37-27-28-39-54-60(53(8,9)10,46-33-23-17-24-34-46)47-35-25-18-26-36-47/h15-26,29-36,38,48-50H,1,27-28,37,39-41H2,2-14H3/b43-38-/t48-,49+,50+/m0/s1. The summed E-state index contributed by atoms with van der Waals surface area (Å²) in [6, 6.07) is 44.2. The highest BCUT2D eigenvalue weighted by Crippen LogP contribution is 2.48. The zero-order valence-electron chi connectivity index (χ0n) is 39.5. The maximum Gasteiger partial charge on any atom is 0.261 e. The third-order valence-corrected chi connectivity index (χ3v) is 30.2. The molecule has 4 aromatic carbocycles. The van der Waals surface area contributed by atoms with Crippen LogP contribution in [-0.4, -0.2) is 49.9 Å². The van der Waals surface area contributed by atoms with E-state index < -0.39 is 32.9 Å². The average molecular weight is 877 g/mol. The molecule has 1 aliphatic rings. The van der Waals surface area contributed by atoms with Crippen LogP contribution in [0.5, 0.6) is 0 Å². The van der Waals surface area contributed by atoms with Gasteiger partial charge in [0.1, 0.15) is 0 Å². The molecule has 1 aliphatic carbocycles. The van der Waals surface area contributed by atoms with Gasteiger partial charge in [0.15, 0.2) is 16.6 Å². The lowest BCUT2D eigenvalue weighted by atomic mass is 9.76. The van der Waals surface area contributed by atoms with Crippen molar-refractivity contribution < 1.29 is 13.3 Å². The molecular formula is C53H77O3PSi3. The second-order valence-corrected chi connectivity index (χ2v) is 37.2. The summed E-state index contributed by atoms with van der Waals surface area (Å²) >= 11 is 0. The van der Waals surface area contributed by atoms with Gasteiger partial charge in [-0.3, -0.25) is 0 Å². The molecule has 60 heavy (non-hydrogen) atoms. The minimum Gasteiger partial charge on any atom is -0.413 e. The van der Waals surface area contributed by atoms with Gasteiger partial charge in [-0.25, -0.2) is 0 Å². The van der Waals surface area contributed by atoms with Crippen LogP contribution >= 0.6 is 7.92 Å². The van der Waals surface area contributed by atoms with Crippen LogP contribution in [0.1, 0.15) is 88.0 Å². The molecule has 0 bridgehead atoms. The van der Waals surface area contributed by atoms with E-state index in [0.717, 1.165) is 38.5 Å². The summed E-state index contributed by atoms with van der Waals surface area (Å²) in [6.45, 7) is 36.6. The van der Waals surface area contributed by atoms with Gasteiger partial charge in [-0.15, -0.1) is 0 Å². The van der Waals surface area contributed by atoms with Gasteiger partial charge in [-0.05, 0) is 107 Å². The highest BCUT2D eigenvalue weighted by molar-refractivity contribution is 7.73. The van der Waals surface area contributed by atoms with Crippen LogP contribution < -0.4 is 21.0 Å². The molecule has 0 heterocycles. The van der Waals surface area contributed by atoms with Crippen LogP contribution in [-0.2, 0) is 13.3 Å². The summed E-state index contributed by atoms with van der Waals surface area (Å²) in [4.78, 5) is 0. The number of rotatable bonds is 16. The van der Waals surface area contributed by atoms with Crippen molar-refractivity contribution in [2.75, 3.05) is 12.8 Å². The summed E-state index contributed by atoms with van der Waals surface area (Å²) in [5.74, 6) is 0.204. The van der Waals surface area contributed by atoms with Crippen molar-refractivity contribution in [3.05, 3.63) is 145 Å². The topological polar surface area (TPSA) is 27.7 Å². The lowest BCUT2D eigenvalue weighted by Crippen LogP contribution is -2.66. The smallest absolute Gasteiger partial charge is 0.261 e. The van der Waals surface area contributed by atoms with Crippen LogP contribution in [0.25, 0.3) is 0 Å². The van der Waals surface area contributed by atoms with E-state index >= 15 is 0 Å². The van der Waals surface area contributed by atoms with Gasteiger partial charge in [0.2, 0.25) is 0 Å². The second kappa shape index (κ2) is 19.8. The molecule has 0 aromatic heterocycles. The predicted molar refractivity (Wildman–Crippen MR) is 271 cm³/mol. The van der Waals surface area contributed by atoms with Crippen molar-refractivity contribution >= 4 is 53.9 Å². The van der Waals surface area contributed by atoms with E-state index in [9.17, 15) is 0 Å². The number of allylic oxidation sites excluding steroid dienone is 1. The summed E-state index contributed by atoms with van der Waals surface area (Å²) in [6.07, 6.45) is 7.33. The summed E-state index contributed by atoms with van der Waals surface area (Å²) < 4.78 is 22.6. The van der Waals surface area contributed by atoms with Crippen molar-refractivity contribution in [3.63, 3.8) is 0 Å². The van der Waals surface area contributed by atoms with Gasteiger partial charge in [0.05, 0.1) is 12.2 Å². The predicted octanol–water partition coefficient (Wildman–Crippen LogP) is 13.1. The van der Waals surface area contributed by atoms with Crippen molar-refractivity contribution in [1.82, 2.24) is 0 Å². The van der Waals surface area contributed by atoms with Crippen LogP contribution in [0.4, 0.5) is 0 Å². The fourth-order valence-electron chi connectivity index (χ4n) is 8.27. The Balaban J connectivity index is 1.49. The number of hydrogen-bond donors (Lipinski definition) is 0. The Morgan fingerprint density at radius 3 is 1.47 bits per heavy atom. The Bertz CT molecular complexity index is 1900. The van der Waals surface area contributed by atoms with Gasteiger partial charge < -0.3 is 13.3 Å². The van der Waals surface area contributed by atoms with E-state index in [0.29, 0.717) is 0 Å². The van der Waals surface area contributed by atoms with Crippen LogP contribution in [0, 0.1) is 5.92 Å². The molecule has 0 saturated heterocycles. The Labute approximate surface area is 370 Å². The molecule has 0 aliphatic heterocycles. The largest absolute Gasteiger partial charge is 0.413 e. The van der Waals surface area contributed by atoms with Crippen LogP contribution in [0.2, 0.25) is 41.3 Å². The van der Waals surface area contributed by atoms with Crippen LogP contribution in [0.3, 0.4) is 0 Å². The van der Waals surface area contributed by atoms with Gasteiger partial charge in [0.25, 0.3) is 8.32 Å². The fourth-order valence-corrected chi connectivity index (χ4v) is 17.7. The van der Waals surface area contributed by atoms with Crippen molar-refractivity contribution in [1.29, 1.82) is 0 Å². The summed E-state index contributed by atoms with van der Waals surface area (Å²) in [7, 11) is -7.56. The molecule has 4 aromatic rings. The molecule has 0 N–H and O–H groups in total. The molecule has 3 atom stereocenters. The van der Waals surface area contributed by atoms with E-state index in [1.807, 2.05) is 0 Å². The Kier molecular flexibility index (Phi) is 16.0. The molecule has 0 spiro atoms. The molecule has 1 saturated carbocycles. The zero-order valence-corrected chi connectivity index (χ0v) is 43.4. The molecule has 324 valence electrons. The van der Waals surface area contributed by atoms with E-state index in [-0.39, 0.29) is 33.2 Å². The first-order chi connectivity index (χ1) is 28.1. The number of hydrogen-bond acceptors (Lipinski definition) is 3. The fraction of sp³-hybridized carbons (Fsp3) is 0.472. The number of unbranched alkanes of at least 4 members (excludes halogenated alkanes) is 1. The highest BCUT2D eigenvalue weighted by Gasteiger charge is 2.51. The van der Waals surface area contributed by atoms with Gasteiger partial charge in [0, 0.05) is 12.5 Å². The number of benzene rings is 4. The lowest BCUT2D eigenvalue weighted by Gasteiger charge is -2.49. The quantitative estimate of drug-likeness (QED) is 0.0638. The second-order valence-electron chi connectivity index (χ2n) is 21.1. The lowest BCUT2D eigenvalue weighted by molar-refractivity contribution is 0.0247. The van der Waals surface area contributed by atoms with E-state index in [2.05, 4.69) is 216 Å². The Morgan fingerprint density at radius 2 is 1.03 bits per heavy atom. The molecule has 5 rings (SSSR count). The zero-order chi connectivity index (χ0) is 44.0. The molecule has 0 amide bonds. The van der Waals surface area contributed by atoms with Crippen molar-refractivity contribution in [2.45, 2.75) is 142 Å². The summed E-state index contributed by atoms with van der Waals surface area (Å²) in [5, 5.41) is 5.57. The first kappa shape index (κ1) is 48.4. The Hall–Kier alpha value is -2.68. The average Bonchev–Trinajstić information content (AvgIpc) is 3.19. The molecule has 0 unspecified atom stereocenters. The third kappa shape index (κ3) is 11.3. The monoisotopic (exact) mass is 876 g/mol. The molecule has 3 nitrogen and oxygen atoms in total. The highest BCUT2D eigenvalue weighted by atomic mass is 31.1. The van der Waals surface area contributed by atoms with Crippen LogP contribution in [0.15, 0.2) is 145 Å². The summed E-state index contributed by atoms with van der Waals surface area (Å²) in [5.41, 5.74) is 2.49. The SMILES string of the molecule is C=C1/C(=C\CP(c2ccccc2)c2ccccc2)C[C@@H](O[Si](C)(C)C(C)(C)C)[C@H](CCCCO[Si](c2ccccc2)(c2ccccc2)C(C)(C)C)[C@@H]1O[Si](C)(C)C(C)(C)C. The van der Waals surface area contributed by atoms with Gasteiger partial charge >= 0.3 is 0 Å². The van der Waals surface area contributed by atoms with E-state index in [1.54, 1.807) is 0 Å². The molecule has 0 radical (unpaired) electrons. The van der Waals surface area contributed by atoms with E-state index in [1.165, 1.54) is 32.1 Å².